The van der Waals surface area contributed by atoms with Crippen LogP contribution in [-0.2, 0) is 14.3 Å². The number of thioether (sulfide) groups is 1. The van der Waals surface area contributed by atoms with Crippen molar-refractivity contribution in [2.45, 2.75) is 19.1 Å². The van der Waals surface area contributed by atoms with E-state index in [4.69, 9.17) is 21.1 Å². The number of halogens is 1. The highest BCUT2D eigenvalue weighted by molar-refractivity contribution is 8.03. The average molecular weight is 235 g/mol. The van der Waals surface area contributed by atoms with Gasteiger partial charge in [-0.05, 0) is 5.75 Å². The third kappa shape index (κ3) is 1.50. The van der Waals surface area contributed by atoms with Gasteiger partial charge in [0, 0.05) is 0 Å². The summed E-state index contributed by atoms with van der Waals surface area (Å²) in [5.41, 5.74) is 0. The van der Waals surface area contributed by atoms with Crippen LogP contribution < -0.4 is 0 Å². The van der Waals surface area contributed by atoms with Gasteiger partial charge in [-0.15, -0.1) is 11.8 Å². The smallest absolute Gasteiger partial charge is 0.210 e. The number of Topliss-reactive ketones (excluding diaryl/α,β-unsaturated/α-hetero) is 1. The zero-order chi connectivity index (χ0) is 10.2. The van der Waals surface area contributed by atoms with Gasteiger partial charge in [0.05, 0.1) is 29.6 Å². The molecule has 1 aliphatic carbocycles. The number of allylic oxidation sites excluding steroid dienone is 1. The fraction of sp³-hybridized carbons (Fsp3) is 0.667. The van der Waals surface area contributed by atoms with E-state index in [9.17, 15) is 4.79 Å². The zero-order valence-electron chi connectivity index (χ0n) is 7.84. The normalized spacial score (nSPS) is 25.4. The molecule has 1 spiro atoms. The van der Waals surface area contributed by atoms with E-state index in [1.54, 1.807) is 0 Å². The first-order valence-corrected chi connectivity index (χ1v) is 5.90. The summed E-state index contributed by atoms with van der Waals surface area (Å²) < 4.78 is 11.0. The topological polar surface area (TPSA) is 35.5 Å². The summed E-state index contributed by atoms with van der Waals surface area (Å²) in [5.74, 6) is -0.0631. The van der Waals surface area contributed by atoms with Crippen molar-refractivity contribution in [2.75, 3.05) is 19.0 Å². The lowest BCUT2D eigenvalue weighted by atomic mass is 10.2. The molecule has 0 aromatic rings. The van der Waals surface area contributed by atoms with E-state index in [1.165, 1.54) is 11.8 Å². The van der Waals surface area contributed by atoms with Gasteiger partial charge >= 0.3 is 0 Å². The summed E-state index contributed by atoms with van der Waals surface area (Å²) in [4.78, 5) is 12.2. The van der Waals surface area contributed by atoms with E-state index < -0.39 is 5.79 Å². The highest BCUT2D eigenvalue weighted by Gasteiger charge is 2.50. The summed E-state index contributed by atoms with van der Waals surface area (Å²) >= 11 is 7.45. The van der Waals surface area contributed by atoms with Gasteiger partial charge in [-0.1, -0.05) is 18.5 Å². The predicted octanol–water partition coefficient (Wildman–Crippen LogP) is 1.91. The van der Waals surface area contributed by atoms with Crippen molar-refractivity contribution in [1.82, 2.24) is 0 Å². The molecule has 3 nitrogen and oxygen atoms in total. The number of carbonyl (C=O) groups is 1. The van der Waals surface area contributed by atoms with E-state index in [0.29, 0.717) is 18.2 Å². The molecule has 0 bridgehead atoms. The molecule has 1 heterocycles. The highest BCUT2D eigenvalue weighted by atomic mass is 35.5. The van der Waals surface area contributed by atoms with E-state index in [2.05, 4.69) is 0 Å². The second kappa shape index (κ2) is 3.85. The van der Waals surface area contributed by atoms with Crippen molar-refractivity contribution < 1.29 is 14.3 Å². The van der Waals surface area contributed by atoms with Crippen LogP contribution in [0.3, 0.4) is 0 Å². The first kappa shape index (κ1) is 10.5. The van der Waals surface area contributed by atoms with Crippen molar-refractivity contribution in [2.24, 2.45) is 0 Å². The van der Waals surface area contributed by atoms with Crippen molar-refractivity contribution in [3.63, 3.8) is 0 Å². The Labute approximate surface area is 91.8 Å². The van der Waals surface area contributed by atoms with Crippen LogP contribution in [0.5, 0.6) is 0 Å². The fourth-order valence-corrected chi connectivity index (χ4v) is 2.98. The van der Waals surface area contributed by atoms with E-state index in [1.807, 2.05) is 6.92 Å². The molecular weight excluding hydrogens is 224 g/mol. The maximum atomic E-state index is 11.5. The second-order valence-electron chi connectivity index (χ2n) is 3.13. The molecule has 0 N–H and O–H groups in total. The summed E-state index contributed by atoms with van der Waals surface area (Å²) in [6, 6.07) is 0. The van der Waals surface area contributed by atoms with Crippen LogP contribution in [-0.4, -0.2) is 30.5 Å². The molecule has 0 unspecified atom stereocenters. The Balaban J connectivity index is 2.31. The number of hydrogen-bond donors (Lipinski definition) is 0. The molecule has 1 aliphatic heterocycles. The summed E-state index contributed by atoms with van der Waals surface area (Å²) in [5, 5.41) is 0.291. The van der Waals surface area contributed by atoms with Crippen molar-refractivity contribution in [3.05, 3.63) is 9.94 Å². The number of hydrogen-bond acceptors (Lipinski definition) is 4. The molecular formula is C9H11ClO3S. The lowest BCUT2D eigenvalue weighted by molar-refractivity contribution is -0.136. The largest absolute Gasteiger partial charge is 0.343 e. The molecule has 0 saturated carbocycles. The summed E-state index contributed by atoms with van der Waals surface area (Å²) in [6.07, 6.45) is 0.230. The summed E-state index contributed by atoms with van der Waals surface area (Å²) in [7, 11) is 0. The van der Waals surface area contributed by atoms with Crippen LogP contribution in [0.25, 0.3) is 0 Å². The molecule has 2 aliphatic rings. The molecule has 5 heteroatoms. The predicted molar refractivity (Wildman–Crippen MR) is 55.3 cm³/mol. The Bertz CT molecular complexity index is 294. The second-order valence-corrected chi connectivity index (χ2v) is 4.78. The first-order chi connectivity index (χ1) is 6.69. The molecule has 2 rings (SSSR count). The molecule has 0 atom stereocenters. The Morgan fingerprint density at radius 3 is 2.71 bits per heavy atom. The van der Waals surface area contributed by atoms with Gasteiger partial charge in [-0.3, -0.25) is 4.79 Å². The Hall–Kier alpha value is -0.0300. The molecule has 0 amide bonds. The maximum absolute atomic E-state index is 11.5. The maximum Gasteiger partial charge on any atom is 0.210 e. The molecule has 1 fully saturated rings. The molecule has 1 saturated heterocycles. The van der Waals surface area contributed by atoms with Crippen LogP contribution >= 0.6 is 23.4 Å². The minimum absolute atomic E-state index is 0.0792. The van der Waals surface area contributed by atoms with Crippen LogP contribution in [0, 0.1) is 0 Å². The zero-order valence-corrected chi connectivity index (χ0v) is 9.41. The third-order valence-corrected chi connectivity index (χ3v) is 3.83. The van der Waals surface area contributed by atoms with Crippen LogP contribution in [0.1, 0.15) is 13.3 Å². The van der Waals surface area contributed by atoms with E-state index >= 15 is 0 Å². The molecule has 14 heavy (non-hydrogen) atoms. The van der Waals surface area contributed by atoms with Gasteiger partial charge in [0.2, 0.25) is 5.79 Å². The van der Waals surface area contributed by atoms with Crippen molar-refractivity contribution >= 4 is 29.1 Å². The lowest BCUT2D eigenvalue weighted by Crippen LogP contribution is -2.29. The van der Waals surface area contributed by atoms with Gasteiger partial charge < -0.3 is 9.47 Å². The lowest BCUT2D eigenvalue weighted by Gasteiger charge is -2.23. The fourth-order valence-electron chi connectivity index (χ4n) is 1.67. The first-order valence-electron chi connectivity index (χ1n) is 4.54. The Morgan fingerprint density at radius 1 is 1.50 bits per heavy atom. The monoisotopic (exact) mass is 234 g/mol. The van der Waals surface area contributed by atoms with Gasteiger partial charge in [0.25, 0.3) is 0 Å². The van der Waals surface area contributed by atoms with Crippen LogP contribution in [0.2, 0.25) is 0 Å². The highest BCUT2D eigenvalue weighted by Crippen LogP contribution is 2.46. The number of rotatable bonds is 2. The Morgan fingerprint density at radius 2 is 2.14 bits per heavy atom. The van der Waals surface area contributed by atoms with Gasteiger partial charge in [-0.2, -0.15) is 0 Å². The average Bonchev–Trinajstić information content (AvgIpc) is 2.69. The molecule has 78 valence electrons. The SMILES string of the molecule is CCSC1=C(Cl)C(=O)CC12OCCO2. The molecule has 0 aromatic carbocycles. The number of carbonyl (C=O) groups excluding carboxylic acids is 1. The Kier molecular flexibility index (Phi) is 2.88. The van der Waals surface area contributed by atoms with E-state index in [0.717, 1.165) is 10.7 Å². The molecule has 0 aromatic heterocycles. The van der Waals surface area contributed by atoms with Crippen LogP contribution in [0.4, 0.5) is 0 Å². The van der Waals surface area contributed by atoms with Crippen molar-refractivity contribution in [3.8, 4) is 0 Å². The van der Waals surface area contributed by atoms with E-state index in [-0.39, 0.29) is 12.2 Å². The minimum atomic E-state index is -0.838. The number of ketones is 1. The standard InChI is InChI=1S/C9H11ClO3S/c1-2-14-8-7(10)6(11)5-9(8)12-3-4-13-9/h2-5H2,1H3. The van der Waals surface area contributed by atoms with Gasteiger partial charge in [0.1, 0.15) is 0 Å². The quantitative estimate of drug-likeness (QED) is 0.731. The minimum Gasteiger partial charge on any atom is -0.343 e. The van der Waals surface area contributed by atoms with Crippen molar-refractivity contribution in [1.29, 1.82) is 0 Å². The third-order valence-electron chi connectivity index (χ3n) is 2.23. The van der Waals surface area contributed by atoms with Crippen LogP contribution in [0.15, 0.2) is 9.94 Å². The van der Waals surface area contributed by atoms with Gasteiger partial charge in [0.15, 0.2) is 5.78 Å². The van der Waals surface area contributed by atoms with Gasteiger partial charge in [-0.25, -0.2) is 0 Å². The number of ether oxygens (including phenoxy) is 2. The molecule has 0 radical (unpaired) electrons. The summed E-state index contributed by atoms with van der Waals surface area (Å²) in [6.45, 7) is 3.07.